The lowest BCUT2D eigenvalue weighted by Crippen LogP contribution is -1.99. The molecule has 0 saturated carbocycles. The van der Waals surface area contributed by atoms with Gasteiger partial charge in [0.1, 0.15) is 11.5 Å². The van der Waals surface area contributed by atoms with Crippen LogP contribution in [0.15, 0.2) is 40.9 Å². The van der Waals surface area contributed by atoms with Gasteiger partial charge in [0, 0.05) is 10.6 Å². The SMILES string of the molecule is CCOc1ccc(C(Br)c2cc(Cl)cc(Br)c2OC)cc1. The molecule has 2 aromatic carbocycles. The first-order valence-corrected chi connectivity index (χ1v) is 8.55. The molecular formula is C16H15Br2ClO2. The third-order valence-electron chi connectivity index (χ3n) is 3.00. The first-order chi connectivity index (χ1) is 10.1. The normalized spacial score (nSPS) is 12.0. The number of ether oxygens (including phenoxy) is 2. The summed E-state index contributed by atoms with van der Waals surface area (Å²) in [7, 11) is 1.65. The fraction of sp³-hybridized carbons (Fsp3) is 0.250. The van der Waals surface area contributed by atoms with Gasteiger partial charge in [0.25, 0.3) is 0 Å². The molecule has 0 N–H and O–H groups in total. The number of methoxy groups -OCH3 is 1. The average Bonchev–Trinajstić information content (AvgIpc) is 2.47. The molecule has 1 unspecified atom stereocenters. The summed E-state index contributed by atoms with van der Waals surface area (Å²) in [6.45, 7) is 2.63. The molecule has 0 aliphatic heterocycles. The van der Waals surface area contributed by atoms with Gasteiger partial charge in [0.2, 0.25) is 0 Å². The van der Waals surface area contributed by atoms with Crippen LogP contribution in [0.25, 0.3) is 0 Å². The Balaban J connectivity index is 2.37. The second-order valence-corrected chi connectivity index (χ2v) is 6.58. The lowest BCUT2D eigenvalue weighted by molar-refractivity contribution is 0.340. The summed E-state index contributed by atoms with van der Waals surface area (Å²) in [4.78, 5) is -0.0156. The molecule has 0 fully saturated rings. The molecule has 0 bridgehead atoms. The van der Waals surface area contributed by atoms with Crippen molar-refractivity contribution >= 4 is 43.5 Å². The van der Waals surface area contributed by atoms with Crippen LogP contribution in [-0.2, 0) is 0 Å². The summed E-state index contributed by atoms with van der Waals surface area (Å²) < 4.78 is 11.8. The third-order valence-corrected chi connectivity index (χ3v) is 4.83. The van der Waals surface area contributed by atoms with E-state index >= 15 is 0 Å². The largest absolute Gasteiger partial charge is 0.495 e. The maximum Gasteiger partial charge on any atom is 0.137 e. The van der Waals surface area contributed by atoms with E-state index in [1.807, 2.05) is 43.3 Å². The number of alkyl halides is 1. The van der Waals surface area contributed by atoms with E-state index in [4.69, 9.17) is 21.1 Å². The van der Waals surface area contributed by atoms with Crippen LogP contribution in [-0.4, -0.2) is 13.7 Å². The molecule has 112 valence electrons. The van der Waals surface area contributed by atoms with Crippen molar-refractivity contribution in [3.63, 3.8) is 0 Å². The molecule has 0 aliphatic rings. The Morgan fingerprint density at radius 1 is 1.19 bits per heavy atom. The highest BCUT2D eigenvalue weighted by Gasteiger charge is 2.18. The van der Waals surface area contributed by atoms with Gasteiger partial charge >= 0.3 is 0 Å². The molecule has 0 radical (unpaired) electrons. The molecule has 0 heterocycles. The molecule has 0 spiro atoms. The molecule has 0 amide bonds. The summed E-state index contributed by atoms with van der Waals surface area (Å²) in [5, 5.41) is 0.660. The van der Waals surface area contributed by atoms with E-state index in [1.54, 1.807) is 7.11 Å². The van der Waals surface area contributed by atoms with E-state index in [0.717, 1.165) is 27.1 Å². The molecule has 2 rings (SSSR count). The van der Waals surface area contributed by atoms with Crippen molar-refractivity contribution in [2.24, 2.45) is 0 Å². The third kappa shape index (κ3) is 3.93. The predicted octanol–water partition coefficient (Wildman–Crippen LogP) is 5.99. The second-order valence-electron chi connectivity index (χ2n) is 4.37. The van der Waals surface area contributed by atoms with Crippen molar-refractivity contribution < 1.29 is 9.47 Å². The molecule has 5 heteroatoms. The standard InChI is InChI=1S/C16H15Br2ClO2/c1-3-21-12-6-4-10(5-7-12)15(18)13-8-11(19)9-14(17)16(13)20-2/h4-9,15H,3H2,1-2H3. The van der Waals surface area contributed by atoms with Crippen LogP contribution in [0, 0.1) is 0 Å². The lowest BCUT2D eigenvalue weighted by Gasteiger charge is -2.17. The molecule has 2 aromatic rings. The van der Waals surface area contributed by atoms with Crippen LogP contribution in [0.1, 0.15) is 22.9 Å². The van der Waals surface area contributed by atoms with Gasteiger partial charge in [-0.2, -0.15) is 0 Å². The number of halogens is 3. The Morgan fingerprint density at radius 3 is 2.43 bits per heavy atom. The summed E-state index contributed by atoms with van der Waals surface area (Å²) in [6, 6.07) is 11.7. The number of hydrogen-bond acceptors (Lipinski definition) is 2. The molecular weight excluding hydrogens is 419 g/mol. The fourth-order valence-corrected chi connectivity index (χ4v) is 3.70. The Bertz CT molecular complexity index is 614. The summed E-state index contributed by atoms with van der Waals surface area (Å²) >= 11 is 13.3. The highest BCUT2D eigenvalue weighted by Crippen LogP contribution is 2.42. The van der Waals surface area contributed by atoms with Crippen molar-refractivity contribution in [3.8, 4) is 11.5 Å². The maximum absolute atomic E-state index is 6.15. The Morgan fingerprint density at radius 2 is 1.86 bits per heavy atom. The van der Waals surface area contributed by atoms with Gasteiger partial charge < -0.3 is 9.47 Å². The van der Waals surface area contributed by atoms with E-state index < -0.39 is 0 Å². The highest BCUT2D eigenvalue weighted by atomic mass is 79.9. The molecule has 2 nitrogen and oxygen atoms in total. The van der Waals surface area contributed by atoms with Crippen molar-refractivity contribution in [1.82, 2.24) is 0 Å². The minimum Gasteiger partial charge on any atom is -0.495 e. The lowest BCUT2D eigenvalue weighted by atomic mass is 10.0. The minimum absolute atomic E-state index is 0.0156. The summed E-state index contributed by atoms with van der Waals surface area (Å²) in [5.74, 6) is 1.63. The summed E-state index contributed by atoms with van der Waals surface area (Å²) in [5.41, 5.74) is 2.08. The van der Waals surface area contributed by atoms with E-state index in [9.17, 15) is 0 Å². The van der Waals surface area contributed by atoms with Gasteiger partial charge in [-0.15, -0.1) is 0 Å². The topological polar surface area (TPSA) is 18.5 Å². The Labute approximate surface area is 146 Å². The maximum atomic E-state index is 6.15. The van der Waals surface area contributed by atoms with Crippen LogP contribution in [0.3, 0.4) is 0 Å². The van der Waals surface area contributed by atoms with Crippen molar-refractivity contribution in [3.05, 3.63) is 57.0 Å². The zero-order valence-corrected chi connectivity index (χ0v) is 15.6. The van der Waals surface area contributed by atoms with E-state index in [-0.39, 0.29) is 4.83 Å². The zero-order chi connectivity index (χ0) is 15.4. The van der Waals surface area contributed by atoms with Crippen LogP contribution in [0.5, 0.6) is 11.5 Å². The van der Waals surface area contributed by atoms with E-state index in [0.29, 0.717) is 11.6 Å². The summed E-state index contributed by atoms with van der Waals surface area (Å²) in [6.07, 6.45) is 0. The van der Waals surface area contributed by atoms with E-state index in [1.165, 1.54) is 0 Å². The highest BCUT2D eigenvalue weighted by molar-refractivity contribution is 9.10. The molecule has 1 atom stereocenters. The van der Waals surface area contributed by atoms with Crippen molar-refractivity contribution in [1.29, 1.82) is 0 Å². The quantitative estimate of drug-likeness (QED) is 0.538. The van der Waals surface area contributed by atoms with Gasteiger partial charge in [0.05, 0.1) is 23.0 Å². The van der Waals surface area contributed by atoms with Gasteiger partial charge in [-0.3, -0.25) is 0 Å². The van der Waals surface area contributed by atoms with Gasteiger partial charge in [0.15, 0.2) is 0 Å². The van der Waals surface area contributed by atoms with Gasteiger partial charge in [-0.25, -0.2) is 0 Å². The molecule has 0 aromatic heterocycles. The van der Waals surface area contributed by atoms with E-state index in [2.05, 4.69) is 31.9 Å². The van der Waals surface area contributed by atoms with Crippen LogP contribution in [0.4, 0.5) is 0 Å². The smallest absolute Gasteiger partial charge is 0.137 e. The molecule has 0 saturated heterocycles. The van der Waals surface area contributed by atoms with Gasteiger partial charge in [-0.05, 0) is 52.7 Å². The van der Waals surface area contributed by atoms with Crippen molar-refractivity contribution in [2.75, 3.05) is 13.7 Å². The molecule has 21 heavy (non-hydrogen) atoms. The first-order valence-electron chi connectivity index (χ1n) is 6.46. The number of rotatable bonds is 5. The van der Waals surface area contributed by atoms with Gasteiger partial charge in [-0.1, -0.05) is 39.7 Å². The van der Waals surface area contributed by atoms with Crippen LogP contribution in [0.2, 0.25) is 5.02 Å². The Hall–Kier alpha value is -0.710. The number of benzene rings is 2. The minimum atomic E-state index is -0.0156. The second kappa shape index (κ2) is 7.52. The first kappa shape index (κ1) is 16.7. The average molecular weight is 435 g/mol. The fourth-order valence-electron chi connectivity index (χ4n) is 2.06. The van der Waals surface area contributed by atoms with Crippen LogP contribution >= 0.6 is 43.5 Å². The van der Waals surface area contributed by atoms with Crippen LogP contribution < -0.4 is 9.47 Å². The number of hydrogen-bond donors (Lipinski definition) is 0. The van der Waals surface area contributed by atoms with Crippen molar-refractivity contribution in [2.45, 2.75) is 11.8 Å². The monoisotopic (exact) mass is 432 g/mol. The molecule has 0 aliphatic carbocycles. The Kier molecular flexibility index (Phi) is 5.97. The zero-order valence-electron chi connectivity index (χ0n) is 11.7. The predicted molar refractivity (Wildman–Crippen MR) is 94.1 cm³/mol.